The summed E-state index contributed by atoms with van der Waals surface area (Å²) in [6.45, 7) is 0. The van der Waals surface area contributed by atoms with Gasteiger partial charge in [0.1, 0.15) is 5.75 Å². The lowest BCUT2D eigenvalue weighted by Crippen LogP contribution is -1.94. The molecule has 1 aromatic carbocycles. The summed E-state index contributed by atoms with van der Waals surface area (Å²) in [5.74, 6) is 0.587. The predicted octanol–water partition coefficient (Wildman–Crippen LogP) is 2.76. The number of hydrogen-bond donors (Lipinski definition) is 0. The largest absolute Gasteiger partial charge is 0.495 e. The highest BCUT2D eigenvalue weighted by atomic mass is 79.9. The maximum atomic E-state index is 11.1. The van der Waals surface area contributed by atoms with Crippen LogP contribution in [0.5, 0.6) is 5.75 Å². The lowest BCUT2D eigenvalue weighted by Gasteiger charge is -2.08. The first-order chi connectivity index (χ1) is 7.19. The standard InChI is InChI=1S/C11H10BrNO2/c1-13-4-3-7-8(6-14)11(15-2)9(12)5-10(7)13/h3-6H,1-2H3. The van der Waals surface area contributed by atoms with Crippen LogP contribution in [0.25, 0.3) is 10.9 Å². The number of nitrogens with zero attached hydrogens (tertiary/aromatic N) is 1. The van der Waals surface area contributed by atoms with Gasteiger partial charge in [-0.2, -0.15) is 0 Å². The number of aldehydes is 1. The van der Waals surface area contributed by atoms with Crippen molar-refractivity contribution in [3.05, 3.63) is 28.4 Å². The van der Waals surface area contributed by atoms with E-state index in [9.17, 15) is 4.79 Å². The van der Waals surface area contributed by atoms with E-state index < -0.39 is 0 Å². The van der Waals surface area contributed by atoms with Crippen molar-refractivity contribution >= 4 is 33.1 Å². The Morgan fingerprint density at radius 2 is 2.27 bits per heavy atom. The third kappa shape index (κ3) is 1.45. The van der Waals surface area contributed by atoms with Gasteiger partial charge in [0.25, 0.3) is 0 Å². The number of aryl methyl sites for hydroxylation is 1. The minimum atomic E-state index is 0.586. The Hall–Kier alpha value is -1.29. The van der Waals surface area contributed by atoms with Gasteiger partial charge in [0.05, 0.1) is 17.1 Å². The van der Waals surface area contributed by atoms with Gasteiger partial charge in [-0.3, -0.25) is 4.79 Å². The molecular formula is C11H10BrNO2. The molecule has 2 rings (SSSR count). The minimum Gasteiger partial charge on any atom is -0.495 e. The van der Waals surface area contributed by atoms with E-state index >= 15 is 0 Å². The van der Waals surface area contributed by atoms with Gasteiger partial charge in [0.15, 0.2) is 6.29 Å². The number of hydrogen-bond acceptors (Lipinski definition) is 2. The molecule has 0 fully saturated rings. The number of fused-ring (bicyclic) bond motifs is 1. The first-order valence-electron chi connectivity index (χ1n) is 4.45. The van der Waals surface area contributed by atoms with Gasteiger partial charge < -0.3 is 9.30 Å². The van der Waals surface area contributed by atoms with Crippen LogP contribution < -0.4 is 4.74 Å². The van der Waals surface area contributed by atoms with Crippen molar-refractivity contribution in [3.8, 4) is 5.75 Å². The van der Waals surface area contributed by atoms with Crippen molar-refractivity contribution in [1.82, 2.24) is 4.57 Å². The highest BCUT2D eigenvalue weighted by molar-refractivity contribution is 9.10. The monoisotopic (exact) mass is 267 g/mol. The van der Waals surface area contributed by atoms with Crippen molar-refractivity contribution in [2.24, 2.45) is 7.05 Å². The molecule has 0 atom stereocenters. The van der Waals surface area contributed by atoms with Crippen LogP contribution in [0.15, 0.2) is 22.8 Å². The summed E-state index contributed by atoms with van der Waals surface area (Å²) in [6.07, 6.45) is 2.75. The second kappa shape index (κ2) is 3.70. The Morgan fingerprint density at radius 1 is 1.53 bits per heavy atom. The summed E-state index contributed by atoms with van der Waals surface area (Å²) in [5, 5.41) is 0.910. The highest BCUT2D eigenvalue weighted by Gasteiger charge is 2.13. The lowest BCUT2D eigenvalue weighted by atomic mass is 10.1. The fourth-order valence-corrected chi connectivity index (χ4v) is 2.30. The van der Waals surface area contributed by atoms with E-state index in [2.05, 4.69) is 15.9 Å². The molecule has 0 N–H and O–H groups in total. The maximum Gasteiger partial charge on any atom is 0.154 e. The Bertz CT molecular complexity index is 531. The normalized spacial score (nSPS) is 10.6. The lowest BCUT2D eigenvalue weighted by molar-refractivity contribution is 0.112. The van der Waals surface area contributed by atoms with E-state index in [1.165, 1.54) is 0 Å². The molecule has 0 aliphatic carbocycles. The first-order valence-corrected chi connectivity index (χ1v) is 5.25. The fraction of sp³-hybridized carbons (Fsp3) is 0.182. The topological polar surface area (TPSA) is 31.2 Å². The van der Waals surface area contributed by atoms with Gasteiger partial charge in [0, 0.05) is 24.1 Å². The molecule has 2 aromatic rings. The second-order valence-corrected chi connectivity index (χ2v) is 4.14. The molecule has 0 saturated heterocycles. The van der Waals surface area contributed by atoms with Crippen molar-refractivity contribution in [2.75, 3.05) is 7.11 Å². The summed E-state index contributed by atoms with van der Waals surface area (Å²) in [5.41, 5.74) is 1.59. The number of methoxy groups -OCH3 is 1. The predicted molar refractivity (Wildman–Crippen MR) is 62.6 cm³/mol. The molecule has 1 aromatic heterocycles. The van der Waals surface area contributed by atoms with Crippen LogP contribution >= 0.6 is 15.9 Å². The molecule has 0 aliphatic heterocycles. The molecule has 1 heterocycles. The molecule has 0 spiro atoms. The Kier molecular flexibility index (Phi) is 2.52. The molecule has 0 unspecified atom stereocenters. The number of aromatic nitrogens is 1. The fourth-order valence-electron chi connectivity index (χ4n) is 1.71. The van der Waals surface area contributed by atoms with Crippen LogP contribution in [0.4, 0.5) is 0 Å². The van der Waals surface area contributed by atoms with Crippen molar-refractivity contribution in [3.63, 3.8) is 0 Å². The molecule has 15 heavy (non-hydrogen) atoms. The third-order valence-corrected chi connectivity index (χ3v) is 3.05. The maximum absolute atomic E-state index is 11.1. The highest BCUT2D eigenvalue weighted by Crippen LogP contribution is 2.34. The van der Waals surface area contributed by atoms with Gasteiger partial charge in [-0.05, 0) is 28.1 Å². The molecular weight excluding hydrogens is 258 g/mol. The van der Waals surface area contributed by atoms with E-state index in [-0.39, 0.29) is 0 Å². The quantitative estimate of drug-likeness (QED) is 0.784. The van der Waals surface area contributed by atoms with Crippen molar-refractivity contribution < 1.29 is 9.53 Å². The van der Waals surface area contributed by atoms with Crippen LogP contribution in [0.3, 0.4) is 0 Å². The zero-order chi connectivity index (χ0) is 11.0. The number of carbonyl (C=O) groups is 1. The van der Waals surface area contributed by atoms with Crippen LogP contribution in [-0.4, -0.2) is 18.0 Å². The van der Waals surface area contributed by atoms with Gasteiger partial charge in [-0.25, -0.2) is 0 Å². The summed E-state index contributed by atoms with van der Waals surface area (Å²) in [4.78, 5) is 11.1. The van der Waals surface area contributed by atoms with Gasteiger partial charge in [-0.1, -0.05) is 0 Å². The van der Waals surface area contributed by atoms with E-state index in [1.54, 1.807) is 7.11 Å². The van der Waals surface area contributed by atoms with Crippen LogP contribution in [-0.2, 0) is 7.05 Å². The Labute approximate surface area is 95.8 Å². The van der Waals surface area contributed by atoms with E-state index in [0.717, 1.165) is 21.7 Å². The molecule has 0 aliphatic rings. The molecule has 3 nitrogen and oxygen atoms in total. The summed E-state index contributed by atoms with van der Waals surface area (Å²) in [7, 11) is 3.50. The third-order valence-electron chi connectivity index (χ3n) is 2.46. The average molecular weight is 268 g/mol. The number of halogens is 1. The van der Waals surface area contributed by atoms with E-state index in [4.69, 9.17) is 4.74 Å². The number of benzene rings is 1. The van der Waals surface area contributed by atoms with Crippen molar-refractivity contribution in [1.29, 1.82) is 0 Å². The Balaban J connectivity index is 2.92. The Morgan fingerprint density at radius 3 is 2.87 bits per heavy atom. The number of rotatable bonds is 2. The molecule has 4 heteroatoms. The molecule has 0 amide bonds. The molecule has 0 bridgehead atoms. The van der Waals surface area contributed by atoms with E-state index in [0.29, 0.717) is 11.3 Å². The minimum absolute atomic E-state index is 0.586. The van der Waals surface area contributed by atoms with Gasteiger partial charge in [0.2, 0.25) is 0 Å². The van der Waals surface area contributed by atoms with Gasteiger partial charge in [-0.15, -0.1) is 0 Å². The first kappa shape index (κ1) is 10.2. The molecule has 78 valence electrons. The molecule has 0 radical (unpaired) electrons. The van der Waals surface area contributed by atoms with Crippen molar-refractivity contribution in [2.45, 2.75) is 0 Å². The summed E-state index contributed by atoms with van der Waals surface area (Å²) >= 11 is 3.39. The van der Waals surface area contributed by atoms with E-state index in [1.807, 2.05) is 29.9 Å². The number of carbonyl (C=O) groups excluding carboxylic acids is 1. The average Bonchev–Trinajstić information content (AvgIpc) is 2.58. The SMILES string of the molecule is COc1c(Br)cc2c(ccn2C)c1C=O. The van der Waals surface area contributed by atoms with Gasteiger partial charge >= 0.3 is 0 Å². The van der Waals surface area contributed by atoms with Crippen LogP contribution in [0.1, 0.15) is 10.4 Å². The molecule has 0 saturated carbocycles. The number of ether oxygens (including phenoxy) is 1. The summed E-state index contributed by atoms with van der Waals surface area (Å²) in [6, 6.07) is 3.86. The smallest absolute Gasteiger partial charge is 0.154 e. The zero-order valence-electron chi connectivity index (χ0n) is 8.45. The second-order valence-electron chi connectivity index (χ2n) is 3.28. The summed E-state index contributed by atoms with van der Waals surface area (Å²) < 4.78 is 7.95. The van der Waals surface area contributed by atoms with Crippen LogP contribution in [0, 0.1) is 0 Å². The van der Waals surface area contributed by atoms with Crippen LogP contribution in [0.2, 0.25) is 0 Å². The zero-order valence-corrected chi connectivity index (χ0v) is 10.0.